The molecule has 0 aliphatic heterocycles. The SMILES string of the molecule is CC(C)OC(=O)CCCC=CCC1C(O)CC(O)C1CCC(O)CCc1ccccc1.Cc1ccc(C(=O)OCc2ccc(C(CN)C(=O)Nc3ccc4cnccc4c3)cc2)c(C)c1. The zero-order valence-corrected chi connectivity index (χ0v) is 38.3. The maximum absolute atomic E-state index is 12.9. The van der Waals surface area contributed by atoms with Gasteiger partial charge in [-0.15, -0.1) is 0 Å². The third-order valence-corrected chi connectivity index (χ3v) is 12.0. The molecule has 0 bridgehead atoms. The Kier molecular flexibility index (Phi) is 19.9. The van der Waals surface area contributed by atoms with Crippen LogP contribution in [-0.4, -0.2) is 69.1 Å². The van der Waals surface area contributed by atoms with Crippen LogP contribution in [0.15, 0.2) is 122 Å². The van der Waals surface area contributed by atoms with Crippen molar-refractivity contribution in [3.63, 3.8) is 0 Å². The molecule has 1 aliphatic rings. The summed E-state index contributed by atoms with van der Waals surface area (Å²) in [4.78, 5) is 41.0. The quantitative estimate of drug-likeness (QED) is 0.0287. The molecule has 5 aromatic rings. The van der Waals surface area contributed by atoms with Gasteiger partial charge < -0.3 is 35.8 Å². The van der Waals surface area contributed by atoms with E-state index in [0.717, 1.165) is 52.3 Å². The Morgan fingerprint density at radius 2 is 1.62 bits per heavy atom. The fourth-order valence-corrected chi connectivity index (χ4v) is 8.37. The van der Waals surface area contributed by atoms with Gasteiger partial charge in [0.25, 0.3) is 0 Å². The lowest BCUT2D eigenvalue weighted by Gasteiger charge is -2.23. The Bertz CT molecular complexity index is 2300. The Balaban J connectivity index is 0.000000245. The molecule has 11 heteroatoms. The van der Waals surface area contributed by atoms with Crippen LogP contribution in [0.2, 0.25) is 0 Å². The number of nitrogens with two attached hydrogens (primary N) is 1. The minimum Gasteiger partial charge on any atom is -0.463 e. The molecular weight excluding hydrogens is 819 g/mol. The van der Waals surface area contributed by atoms with Crippen molar-refractivity contribution in [1.29, 1.82) is 0 Å². The van der Waals surface area contributed by atoms with E-state index in [-0.39, 0.29) is 48.9 Å². The second-order valence-corrected chi connectivity index (χ2v) is 17.4. The van der Waals surface area contributed by atoms with E-state index in [1.165, 1.54) is 5.56 Å². The molecule has 6 atom stereocenters. The molecule has 65 heavy (non-hydrogen) atoms. The summed E-state index contributed by atoms with van der Waals surface area (Å²) in [6, 6.07) is 30.8. The number of nitrogens with one attached hydrogen (secondary N) is 1. The van der Waals surface area contributed by atoms with Crippen molar-refractivity contribution in [1.82, 2.24) is 4.98 Å². The van der Waals surface area contributed by atoms with Gasteiger partial charge in [0.2, 0.25) is 5.91 Å². The number of pyridine rings is 1. The standard InChI is InChI=1S/C28H27N3O3.C26H40O5/c1-18-3-10-25(19(2)13-18)28(33)34-17-20-4-6-21(7-5-20)26(15-29)27(32)31-24-9-8-23-16-30-12-11-22(23)14-24;1-19(2)31-26(30)13-9-4-3-8-12-22-23(25(29)18-24(22)28)17-16-21(27)15-14-20-10-6-5-7-11-20/h3-14,16,26H,15,17,29H2,1-2H3,(H,31,32);3,5-8,10-11,19,21-25,27-29H,4,9,12-18H2,1-2H3. The third kappa shape index (κ3) is 16.0. The maximum atomic E-state index is 12.9. The highest BCUT2D eigenvalue weighted by atomic mass is 16.5. The predicted molar refractivity (Wildman–Crippen MR) is 256 cm³/mol. The number of esters is 2. The summed E-state index contributed by atoms with van der Waals surface area (Å²) >= 11 is 0. The number of hydrogen-bond donors (Lipinski definition) is 5. The van der Waals surface area contributed by atoms with Gasteiger partial charge in [0, 0.05) is 36.4 Å². The molecule has 0 radical (unpaired) electrons. The summed E-state index contributed by atoms with van der Waals surface area (Å²) in [5.41, 5.74) is 12.0. The number of amides is 1. The first-order valence-electron chi connectivity index (χ1n) is 22.9. The Hall–Kier alpha value is -5.72. The van der Waals surface area contributed by atoms with Crippen LogP contribution in [0.3, 0.4) is 0 Å². The summed E-state index contributed by atoms with van der Waals surface area (Å²) in [5.74, 6) is -1.18. The number of nitrogens with zero attached hydrogens (tertiary/aromatic N) is 1. The molecule has 6 N–H and O–H groups in total. The lowest BCUT2D eigenvalue weighted by Crippen LogP contribution is -2.27. The minimum atomic E-state index is -0.513. The molecule has 6 rings (SSSR count). The fourth-order valence-electron chi connectivity index (χ4n) is 8.37. The number of aryl methyl sites for hydroxylation is 3. The highest BCUT2D eigenvalue weighted by Gasteiger charge is 2.40. The lowest BCUT2D eigenvalue weighted by atomic mass is 9.85. The number of carbonyl (C=O) groups is 3. The molecule has 0 spiro atoms. The zero-order valence-electron chi connectivity index (χ0n) is 38.3. The second-order valence-electron chi connectivity index (χ2n) is 17.4. The highest BCUT2D eigenvalue weighted by molar-refractivity contribution is 5.98. The van der Waals surface area contributed by atoms with Crippen molar-refractivity contribution >= 4 is 34.3 Å². The number of fused-ring (bicyclic) bond motifs is 1. The molecule has 11 nitrogen and oxygen atoms in total. The maximum Gasteiger partial charge on any atom is 0.338 e. The van der Waals surface area contributed by atoms with Gasteiger partial charge in [-0.3, -0.25) is 14.6 Å². The van der Waals surface area contributed by atoms with E-state index < -0.39 is 24.2 Å². The molecule has 1 aliphatic carbocycles. The molecule has 1 aromatic heterocycles. The summed E-state index contributed by atoms with van der Waals surface area (Å²) in [6.45, 7) is 7.89. The second kappa shape index (κ2) is 25.7. The van der Waals surface area contributed by atoms with E-state index >= 15 is 0 Å². The molecule has 1 heterocycles. The van der Waals surface area contributed by atoms with Crippen LogP contribution in [0.4, 0.5) is 5.69 Å². The van der Waals surface area contributed by atoms with Crippen molar-refractivity contribution < 1.29 is 39.2 Å². The van der Waals surface area contributed by atoms with Crippen LogP contribution >= 0.6 is 0 Å². The number of aliphatic hydroxyl groups excluding tert-OH is 3. The molecule has 4 aromatic carbocycles. The largest absolute Gasteiger partial charge is 0.463 e. The first-order chi connectivity index (χ1) is 31.3. The van der Waals surface area contributed by atoms with E-state index in [9.17, 15) is 29.7 Å². The smallest absolute Gasteiger partial charge is 0.338 e. The molecule has 1 amide bonds. The number of carbonyl (C=O) groups excluding carboxylic acids is 3. The van der Waals surface area contributed by atoms with Crippen LogP contribution in [0.5, 0.6) is 0 Å². The van der Waals surface area contributed by atoms with Gasteiger partial charge in [-0.2, -0.15) is 0 Å². The average Bonchev–Trinajstić information content (AvgIpc) is 3.56. The molecular formula is C54H67N3O8. The van der Waals surface area contributed by atoms with Gasteiger partial charge in [0.1, 0.15) is 6.61 Å². The van der Waals surface area contributed by atoms with Gasteiger partial charge >= 0.3 is 11.9 Å². The predicted octanol–water partition coefficient (Wildman–Crippen LogP) is 9.08. The third-order valence-electron chi connectivity index (χ3n) is 12.0. The summed E-state index contributed by atoms with van der Waals surface area (Å²) in [5, 5.41) is 36.1. The molecule has 1 fully saturated rings. The van der Waals surface area contributed by atoms with E-state index in [1.54, 1.807) is 18.5 Å². The first kappa shape index (κ1) is 50.3. The number of anilines is 1. The van der Waals surface area contributed by atoms with Gasteiger partial charge in [-0.05, 0) is 143 Å². The van der Waals surface area contributed by atoms with E-state index in [1.807, 2.05) is 113 Å². The van der Waals surface area contributed by atoms with Crippen molar-refractivity contribution in [2.45, 2.75) is 122 Å². The summed E-state index contributed by atoms with van der Waals surface area (Å²) in [7, 11) is 0. The van der Waals surface area contributed by atoms with Crippen LogP contribution in [0, 0.1) is 25.7 Å². The summed E-state index contributed by atoms with van der Waals surface area (Å²) < 4.78 is 10.6. The number of rotatable bonds is 20. The van der Waals surface area contributed by atoms with E-state index in [2.05, 4.69) is 28.5 Å². The number of allylic oxidation sites excluding steroid dienone is 2. The van der Waals surface area contributed by atoms with Gasteiger partial charge in [-0.1, -0.05) is 90.5 Å². The van der Waals surface area contributed by atoms with Crippen molar-refractivity contribution in [3.05, 3.63) is 155 Å². The lowest BCUT2D eigenvalue weighted by molar-refractivity contribution is -0.147. The molecule has 6 unspecified atom stereocenters. The normalized spacial score (nSPS) is 17.9. The zero-order chi connectivity index (χ0) is 46.7. The van der Waals surface area contributed by atoms with Crippen LogP contribution in [0.25, 0.3) is 10.8 Å². The topological polar surface area (TPSA) is 181 Å². The Morgan fingerprint density at radius 3 is 2.34 bits per heavy atom. The molecule has 1 saturated carbocycles. The average molecular weight is 886 g/mol. The van der Waals surface area contributed by atoms with Crippen LogP contribution < -0.4 is 11.1 Å². The highest BCUT2D eigenvalue weighted by Crippen LogP contribution is 2.38. The van der Waals surface area contributed by atoms with Crippen molar-refractivity contribution in [3.8, 4) is 0 Å². The number of benzene rings is 4. The van der Waals surface area contributed by atoms with Gasteiger partial charge in [-0.25, -0.2) is 4.79 Å². The Labute approximate surface area is 384 Å². The fraction of sp³-hybridized carbons (Fsp3) is 0.407. The first-order valence-corrected chi connectivity index (χ1v) is 22.9. The van der Waals surface area contributed by atoms with Crippen LogP contribution in [-0.2, 0) is 32.1 Å². The van der Waals surface area contributed by atoms with Crippen molar-refractivity contribution in [2.75, 3.05) is 11.9 Å². The summed E-state index contributed by atoms with van der Waals surface area (Å²) in [6.07, 6.45) is 12.1. The number of hydrogen-bond acceptors (Lipinski definition) is 10. The van der Waals surface area contributed by atoms with Gasteiger partial charge in [0.05, 0.1) is 35.9 Å². The Morgan fingerprint density at radius 1 is 0.862 bits per heavy atom. The monoisotopic (exact) mass is 885 g/mol. The van der Waals surface area contributed by atoms with Gasteiger partial charge in [0.15, 0.2) is 0 Å². The number of ether oxygens (including phenoxy) is 2. The number of aromatic nitrogens is 1. The number of unbranched alkanes of at least 4 members (excludes halogenated alkanes) is 1. The number of aliphatic hydroxyl groups is 3. The molecule has 0 saturated heterocycles. The van der Waals surface area contributed by atoms with Crippen LogP contribution in [0.1, 0.15) is 109 Å². The van der Waals surface area contributed by atoms with Crippen molar-refractivity contribution in [2.24, 2.45) is 17.6 Å². The van der Waals surface area contributed by atoms with E-state index in [4.69, 9.17) is 15.2 Å². The minimum absolute atomic E-state index is 0.00652. The molecule has 346 valence electrons. The van der Waals surface area contributed by atoms with E-state index in [0.29, 0.717) is 49.8 Å².